The topological polar surface area (TPSA) is 56.4 Å². The minimum atomic E-state index is -0.122. The SMILES string of the molecule is CC(CCC(C#N)c1ccccc1)=NO. The Kier molecular flexibility index (Phi) is 4.36. The van der Waals surface area contributed by atoms with Crippen molar-refractivity contribution >= 4 is 5.71 Å². The van der Waals surface area contributed by atoms with Crippen LogP contribution in [0.15, 0.2) is 35.5 Å². The summed E-state index contributed by atoms with van der Waals surface area (Å²) in [5.74, 6) is -0.122. The fraction of sp³-hybridized carbons (Fsp3) is 0.333. The van der Waals surface area contributed by atoms with E-state index in [-0.39, 0.29) is 5.92 Å². The zero-order valence-corrected chi connectivity index (χ0v) is 8.72. The summed E-state index contributed by atoms with van der Waals surface area (Å²) >= 11 is 0. The molecule has 15 heavy (non-hydrogen) atoms. The quantitative estimate of drug-likeness (QED) is 0.463. The van der Waals surface area contributed by atoms with Gasteiger partial charge in [0.2, 0.25) is 0 Å². The maximum Gasteiger partial charge on any atom is 0.0716 e. The third-order valence-electron chi connectivity index (χ3n) is 2.32. The van der Waals surface area contributed by atoms with Crippen LogP contribution in [0.4, 0.5) is 0 Å². The van der Waals surface area contributed by atoms with Crippen LogP contribution in [0.3, 0.4) is 0 Å². The van der Waals surface area contributed by atoms with Crippen molar-refractivity contribution in [3.05, 3.63) is 35.9 Å². The van der Waals surface area contributed by atoms with Crippen molar-refractivity contribution in [2.75, 3.05) is 0 Å². The van der Waals surface area contributed by atoms with Crippen molar-refractivity contribution in [1.82, 2.24) is 0 Å². The molecule has 0 radical (unpaired) electrons. The summed E-state index contributed by atoms with van der Waals surface area (Å²) in [4.78, 5) is 0. The zero-order valence-electron chi connectivity index (χ0n) is 8.72. The molecular weight excluding hydrogens is 188 g/mol. The van der Waals surface area contributed by atoms with Crippen LogP contribution in [0.5, 0.6) is 0 Å². The molecule has 3 heteroatoms. The highest BCUT2D eigenvalue weighted by molar-refractivity contribution is 5.81. The standard InChI is InChI=1S/C12H14N2O/c1-10(14-15)7-8-12(9-13)11-5-3-2-4-6-11/h2-6,12,15H,7-8H2,1H3. The van der Waals surface area contributed by atoms with Gasteiger partial charge in [0.15, 0.2) is 0 Å². The largest absolute Gasteiger partial charge is 0.411 e. The van der Waals surface area contributed by atoms with Crippen molar-refractivity contribution in [2.24, 2.45) is 5.16 Å². The van der Waals surface area contributed by atoms with Crippen molar-refractivity contribution in [1.29, 1.82) is 5.26 Å². The van der Waals surface area contributed by atoms with Gasteiger partial charge in [-0.15, -0.1) is 0 Å². The predicted molar refractivity (Wildman–Crippen MR) is 58.9 cm³/mol. The molecule has 0 fully saturated rings. The molecule has 0 heterocycles. The van der Waals surface area contributed by atoms with E-state index in [2.05, 4.69) is 11.2 Å². The van der Waals surface area contributed by atoms with E-state index in [1.165, 1.54) is 0 Å². The minimum absolute atomic E-state index is 0.122. The molecule has 1 atom stereocenters. The van der Waals surface area contributed by atoms with Crippen LogP contribution in [0, 0.1) is 11.3 Å². The van der Waals surface area contributed by atoms with Crippen molar-refractivity contribution in [3.63, 3.8) is 0 Å². The van der Waals surface area contributed by atoms with Crippen molar-refractivity contribution in [2.45, 2.75) is 25.7 Å². The molecule has 1 aromatic carbocycles. The van der Waals surface area contributed by atoms with Gasteiger partial charge in [-0.3, -0.25) is 0 Å². The minimum Gasteiger partial charge on any atom is -0.411 e. The Morgan fingerprint density at radius 2 is 2.13 bits per heavy atom. The van der Waals surface area contributed by atoms with E-state index in [1.807, 2.05) is 30.3 Å². The molecule has 1 N–H and O–H groups in total. The van der Waals surface area contributed by atoms with E-state index in [9.17, 15) is 0 Å². The van der Waals surface area contributed by atoms with E-state index >= 15 is 0 Å². The lowest BCUT2D eigenvalue weighted by molar-refractivity contribution is 0.317. The Morgan fingerprint density at radius 1 is 1.47 bits per heavy atom. The van der Waals surface area contributed by atoms with E-state index in [1.54, 1.807) is 6.92 Å². The second kappa shape index (κ2) is 5.82. The van der Waals surface area contributed by atoms with Gasteiger partial charge in [0.1, 0.15) is 0 Å². The van der Waals surface area contributed by atoms with Crippen molar-refractivity contribution in [3.8, 4) is 6.07 Å². The van der Waals surface area contributed by atoms with Crippen LogP contribution in [0.25, 0.3) is 0 Å². The van der Waals surface area contributed by atoms with Crippen LogP contribution >= 0.6 is 0 Å². The van der Waals surface area contributed by atoms with Crippen LogP contribution in [-0.4, -0.2) is 10.9 Å². The molecule has 0 saturated heterocycles. The Bertz CT molecular complexity index is 365. The number of hydrogen-bond donors (Lipinski definition) is 1. The Hall–Kier alpha value is -1.82. The molecular formula is C12H14N2O. The van der Waals surface area contributed by atoms with Gasteiger partial charge in [0, 0.05) is 0 Å². The Labute approximate surface area is 89.7 Å². The van der Waals surface area contributed by atoms with Gasteiger partial charge in [-0.05, 0) is 25.3 Å². The van der Waals surface area contributed by atoms with Crippen LogP contribution in [-0.2, 0) is 0 Å². The molecule has 0 aliphatic carbocycles. The first-order chi connectivity index (χ1) is 7.27. The molecule has 0 aliphatic heterocycles. The summed E-state index contributed by atoms with van der Waals surface area (Å²) in [6.07, 6.45) is 1.33. The number of oxime groups is 1. The number of rotatable bonds is 4. The molecule has 1 unspecified atom stereocenters. The average molecular weight is 202 g/mol. The van der Waals surface area contributed by atoms with Gasteiger partial charge in [0.05, 0.1) is 17.7 Å². The van der Waals surface area contributed by atoms with E-state index in [0.717, 1.165) is 5.56 Å². The molecule has 3 nitrogen and oxygen atoms in total. The summed E-state index contributed by atoms with van der Waals surface area (Å²) in [7, 11) is 0. The lowest BCUT2D eigenvalue weighted by atomic mass is 9.95. The first-order valence-corrected chi connectivity index (χ1v) is 4.90. The third kappa shape index (κ3) is 3.43. The fourth-order valence-corrected chi connectivity index (χ4v) is 1.39. The summed E-state index contributed by atoms with van der Waals surface area (Å²) < 4.78 is 0. The Balaban J connectivity index is 2.63. The second-order valence-corrected chi connectivity index (χ2v) is 3.47. The number of benzene rings is 1. The smallest absolute Gasteiger partial charge is 0.0716 e. The van der Waals surface area contributed by atoms with Gasteiger partial charge in [-0.25, -0.2) is 0 Å². The van der Waals surface area contributed by atoms with Gasteiger partial charge in [0.25, 0.3) is 0 Å². The normalized spacial score (nSPS) is 13.2. The van der Waals surface area contributed by atoms with E-state index in [4.69, 9.17) is 10.5 Å². The van der Waals surface area contributed by atoms with Gasteiger partial charge >= 0.3 is 0 Å². The Morgan fingerprint density at radius 3 is 2.67 bits per heavy atom. The zero-order chi connectivity index (χ0) is 11.1. The molecule has 78 valence electrons. The van der Waals surface area contributed by atoms with Gasteiger partial charge in [-0.1, -0.05) is 35.5 Å². The fourth-order valence-electron chi connectivity index (χ4n) is 1.39. The highest BCUT2D eigenvalue weighted by Crippen LogP contribution is 2.20. The molecule has 0 bridgehead atoms. The third-order valence-corrected chi connectivity index (χ3v) is 2.32. The lowest BCUT2D eigenvalue weighted by Crippen LogP contribution is -1.99. The van der Waals surface area contributed by atoms with Gasteiger partial charge < -0.3 is 5.21 Å². The molecule has 0 amide bonds. The molecule has 0 aromatic heterocycles. The molecule has 0 aliphatic rings. The van der Waals surface area contributed by atoms with Crippen LogP contribution in [0.1, 0.15) is 31.2 Å². The van der Waals surface area contributed by atoms with E-state index in [0.29, 0.717) is 18.6 Å². The van der Waals surface area contributed by atoms with E-state index < -0.39 is 0 Å². The number of hydrogen-bond acceptors (Lipinski definition) is 3. The average Bonchev–Trinajstić information content (AvgIpc) is 2.31. The molecule has 1 aromatic rings. The molecule has 0 spiro atoms. The summed E-state index contributed by atoms with van der Waals surface area (Å²) in [5, 5.41) is 20.6. The number of nitriles is 1. The lowest BCUT2D eigenvalue weighted by Gasteiger charge is -2.08. The van der Waals surface area contributed by atoms with Gasteiger partial charge in [-0.2, -0.15) is 5.26 Å². The van der Waals surface area contributed by atoms with Crippen molar-refractivity contribution < 1.29 is 5.21 Å². The highest BCUT2D eigenvalue weighted by atomic mass is 16.4. The predicted octanol–water partition coefficient (Wildman–Crippen LogP) is 2.92. The maximum atomic E-state index is 9.01. The molecule has 0 saturated carbocycles. The number of nitrogens with zero attached hydrogens (tertiary/aromatic N) is 2. The summed E-state index contributed by atoms with van der Waals surface area (Å²) in [5.41, 5.74) is 1.68. The monoisotopic (exact) mass is 202 g/mol. The van der Waals surface area contributed by atoms with Crippen LogP contribution in [0.2, 0.25) is 0 Å². The van der Waals surface area contributed by atoms with Crippen LogP contribution < -0.4 is 0 Å². The maximum absolute atomic E-state index is 9.01. The molecule has 1 rings (SSSR count). The first-order valence-electron chi connectivity index (χ1n) is 4.90. The summed E-state index contributed by atoms with van der Waals surface area (Å²) in [6, 6.07) is 11.9. The summed E-state index contributed by atoms with van der Waals surface area (Å²) in [6.45, 7) is 1.75. The highest BCUT2D eigenvalue weighted by Gasteiger charge is 2.10. The second-order valence-electron chi connectivity index (χ2n) is 3.47. The first kappa shape index (κ1) is 11.3.